The number of aromatic nitrogens is 1. The molecule has 3 heterocycles. The van der Waals surface area contributed by atoms with Crippen molar-refractivity contribution in [2.24, 2.45) is 0 Å². The number of hydrogen-bond acceptors (Lipinski definition) is 5. The van der Waals surface area contributed by atoms with Gasteiger partial charge in [0, 0.05) is 36.4 Å². The SMILES string of the molecule is O=C(Nc1c(C(c2cccnc2)N2CCOCC2)oc2ccccc12)c1ccccc1. The van der Waals surface area contributed by atoms with E-state index < -0.39 is 0 Å². The van der Waals surface area contributed by atoms with Gasteiger partial charge in [0.25, 0.3) is 5.91 Å². The Morgan fingerprint density at radius 1 is 0.968 bits per heavy atom. The monoisotopic (exact) mass is 413 g/mol. The normalized spacial score (nSPS) is 15.6. The molecule has 0 bridgehead atoms. The molecule has 1 N–H and O–H groups in total. The van der Waals surface area contributed by atoms with Gasteiger partial charge in [-0.05, 0) is 35.9 Å². The van der Waals surface area contributed by atoms with Gasteiger partial charge in [-0.2, -0.15) is 0 Å². The van der Waals surface area contributed by atoms with Crippen molar-refractivity contribution in [3.8, 4) is 0 Å². The lowest BCUT2D eigenvalue weighted by atomic mass is 10.0. The summed E-state index contributed by atoms with van der Waals surface area (Å²) >= 11 is 0. The lowest BCUT2D eigenvalue weighted by molar-refractivity contribution is 0.0205. The Balaban J connectivity index is 1.63. The van der Waals surface area contributed by atoms with Crippen molar-refractivity contribution < 1.29 is 13.9 Å². The minimum atomic E-state index is -0.184. The van der Waals surface area contributed by atoms with Gasteiger partial charge >= 0.3 is 0 Å². The van der Waals surface area contributed by atoms with Gasteiger partial charge in [-0.3, -0.25) is 14.7 Å². The molecule has 6 heteroatoms. The number of furan rings is 1. The Hall–Kier alpha value is -3.48. The number of para-hydroxylation sites is 1. The van der Waals surface area contributed by atoms with E-state index in [1.54, 1.807) is 18.3 Å². The van der Waals surface area contributed by atoms with Crippen LogP contribution in [0.25, 0.3) is 11.0 Å². The summed E-state index contributed by atoms with van der Waals surface area (Å²) in [6, 6.07) is 20.8. The van der Waals surface area contributed by atoms with E-state index in [1.165, 1.54) is 0 Å². The smallest absolute Gasteiger partial charge is 0.255 e. The van der Waals surface area contributed by atoms with Crippen LogP contribution >= 0.6 is 0 Å². The van der Waals surface area contributed by atoms with Gasteiger partial charge < -0.3 is 14.5 Å². The second-order valence-electron chi connectivity index (χ2n) is 7.49. The first-order chi connectivity index (χ1) is 15.3. The number of carbonyl (C=O) groups is 1. The first-order valence-electron chi connectivity index (χ1n) is 10.4. The number of nitrogens with zero attached hydrogens (tertiary/aromatic N) is 2. The average Bonchev–Trinajstić information content (AvgIpc) is 3.19. The number of hydrogen-bond donors (Lipinski definition) is 1. The van der Waals surface area contributed by atoms with E-state index in [-0.39, 0.29) is 11.9 Å². The number of pyridine rings is 1. The lowest BCUT2D eigenvalue weighted by Crippen LogP contribution is -2.39. The summed E-state index contributed by atoms with van der Waals surface area (Å²) in [5, 5.41) is 4.01. The molecule has 6 nitrogen and oxygen atoms in total. The fraction of sp³-hybridized carbons (Fsp3) is 0.200. The first kappa shape index (κ1) is 19.5. The van der Waals surface area contributed by atoms with Crippen molar-refractivity contribution >= 4 is 22.6 Å². The maximum absolute atomic E-state index is 13.0. The topological polar surface area (TPSA) is 67.6 Å². The second kappa shape index (κ2) is 8.71. The van der Waals surface area contributed by atoms with E-state index in [1.807, 2.05) is 60.8 Å². The molecule has 0 aliphatic carbocycles. The highest BCUT2D eigenvalue weighted by Gasteiger charge is 2.31. The number of nitrogens with one attached hydrogen (secondary N) is 1. The van der Waals surface area contributed by atoms with Crippen LogP contribution in [0.5, 0.6) is 0 Å². The van der Waals surface area contributed by atoms with E-state index in [4.69, 9.17) is 9.15 Å². The van der Waals surface area contributed by atoms with E-state index in [2.05, 4.69) is 15.2 Å². The summed E-state index contributed by atoms with van der Waals surface area (Å²) in [6.45, 7) is 2.84. The summed E-state index contributed by atoms with van der Waals surface area (Å²) in [6.07, 6.45) is 3.62. The number of morpholine rings is 1. The molecule has 31 heavy (non-hydrogen) atoms. The van der Waals surface area contributed by atoms with Crippen molar-refractivity contribution in [1.29, 1.82) is 0 Å². The number of fused-ring (bicyclic) bond motifs is 1. The molecule has 0 radical (unpaired) electrons. The van der Waals surface area contributed by atoms with Crippen LogP contribution in [0.4, 0.5) is 5.69 Å². The quantitative estimate of drug-likeness (QED) is 0.522. The van der Waals surface area contributed by atoms with Crippen LogP contribution in [0.15, 0.2) is 83.5 Å². The molecule has 4 aromatic rings. The number of benzene rings is 2. The van der Waals surface area contributed by atoms with Crippen LogP contribution in [0.1, 0.15) is 27.7 Å². The van der Waals surface area contributed by atoms with Crippen molar-refractivity contribution in [3.63, 3.8) is 0 Å². The van der Waals surface area contributed by atoms with Crippen LogP contribution < -0.4 is 5.32 Å². The molecule has 0 saturated carbocycles. The summed E-state index contributed by atoms with van der Waals surface area (Å²) < 4.78 is 12.0. The molecule has 5 rings (SSSR count). The van der Waals surface area contributed by atoms with Crippen molar-refractivity contribution in [2.45, 2.75) is 6.04 Å². The van der Waals surface area contributed by atoms with Gasteiger partial charge in [-0.15, -0.1) is 0 Å². The Labute approximate surface area is 180 Å². The zero-order valence-electron chi connectivity index (χ0n) is 17.0. The standard InChI is InChI=1S/C25H23N3O3/c29-25(18-7-2-1-3-8-18)27-22-20-10-4-5-11-21(20)31-24(22)23(19-9-6-12-26-17-19)28-13-15-30-16-14-28/h1-12,17,23H,13-16H2,(H,27,29). The molecule has 1 unspecified atom stereocenters. The van der Waals surface area contributed by atoms with Gasteiger partial charge in [-0.1, -0.05) is 36.4 Å². The number of ether oxygens (including phenoxy) is 1. The molecule has 1 atom stereocenters. The van der Waals surface area contributed by atoms with E-state index >= 15 is 0 Å². The van der Waals surface area contributed by atoms with E-state index in [0.29, 0.717) is 30.2 Å². The lowest BCUT2D eigenvalue weighted by Gasteiger charge is -2.33. The largest absolute Gasteiger partial charge is 0.457 e. The Morgan fingerprint density at radius 3 is 2.52 bits per heavy atom. The molecule has 2 aromatic carbocycles. The van der Waals surface area contributed by atoms with Crippen molar-refractivity contribution in [1.82, 2.24) is 9.88 Å². The fourth-order valence-electron chi connectivity index (χ4n) is 4.06. The maximum atomic E-state index is 13.0. The highest BCUT2D eigenvalue weighted by molar-refractivity contribution is 6.09. The van der Waals surface area contributed by atoms with Gasteiger partial charge in [0.05, 0.1) is 24.9 Å². The number of rotatable bonds is 5. The third-order valence-corrected chi connectivity index (χ3v) is 5.56. The van der Waals surface area contributed by atoms with Crippen molar-refractivity contribution in [3.05, 3.63) is 96.0 Å². The van der Waals surface area contributed by atoms with E-state index in [0.717, 1.165) is 29.6 Å². The molecule has 2 aromatic heterocycles. The van der Waals surface area contributed by atoms with Crippen LogP contribution in [-0.4, -0.2) is 42.1 Å². The molecule has 1 aliphatic rings. The molecular formula is C25H23N3O3. The third-order valence-electron chi connectivity index (χ3n) is 5.56. The van der Waals surface area contributed by atoms with E-state index in [9.17, 15) is 4.79 Å². The summed E-state index contributed by atoms with van der Waals surface area (Å²) in [5.74, 6) is 0.542. The molecule has 1 fully saturated rings. The van der Waals surface area contributed by atoms with Crippen LogP contribution in [0.3, 0.4) is 0 Å². The Bertz CT molecular complexity index is 1170. The molecule has 156 valence electrons. The van der Waals surface area contributed by atoms with Crippen molar-refractivity contribution in [2.75, 3.05) is 31.6 Å². The minimum absolute atomic E-state index is 0.166. The van der Waals surface area contributed by atoms with Gasteiger partial charge in [0.1, 0.15) is 5.58 Å². The maximum Gasteiger partial charge on any atom is 0.255 e. The Morgan fingerprint density at radius 2 is 1.74 bits per heavy atom. The minimum Gasteiger partial charge on any atom is -0.457 e. The van der Waals surface area contributed by atoms with Crippen LogP contribution in [0.2, 0.25) is 0 Å². The highest BCUT2D eigenvalue weighted by Crippen LogP contribution is 2.40. The highest BCUT2D eigenvalue weighted by atomic mass is 16.5. The van der Waals surface area contributed by atoms with Gasteiger partial charge in [0.15, 0.2) is 5.76 Å². The number of carbonyl (C=O) groups excluding carboxylic acids is 1. The fourth-order valence-corrected chi connectivity index (χ4v) is 4.06. The molecule has 1 aliphatic heterocycles. The molecule has 0 spiro atoms. The van der Waals surface area contributed by atoms with Gasteiger partial charge in [-0.25, -0.2) is 0 Å². The summed E-state index contributed by atoms with van der Waals surface area (Å²) in [5.41, 5.74) is 3.05. The predicted octanol–water partition coefficient (Wildman–Crippen LogP) is 4.50. The number of anilines is 1. The van der Waals surface area contributed by atoms with Crippen LogP contribution in [-0.2, 0) is 4.74 Å². The average molecular weight is 413 g/mol. The summed E-state index contributed by atoms with van der Waals surface area (Å²) in [7, 11) is 0. The predicted molar refractivity (Wildman–Crippen MR) is 119 cm³/mol. The summed E-state index contributed by atoms with van der Waals surface area (Å²) in [4.78, 5) is 19.7. The second-order valence-corrected chi connectivity index (χ2v) is 7.49. The molecule has 1 amide bonds. The third kappa shape index (κ3) is 3.95. The molecular weight excluding hydrogens is 390 g/mol. The van der Waals surface area contributed by atoms with Crippen LogP contribution in [0, 0.1) is 0 Å². The zero-order valence-corrected chi connectivity index (χ0v) is 17.0. The molecule has 1 saturated heterocycles. The zero-order chi connectivity index (χ0) is 21.0. The van der Waals surface area contributed by atoms with Gasteiger partial charge in [0.2, 0.25) is 0 Å². The first-order valence-corrected chi connectivity index (χ1v) is 10.4. The number of amides is 1. The Kier molecular flexibility index (Phi) is 5.48.